The number of nitrogens with one attached hydrogen (secondary N) is 1. The Morgan fingerprint density at radius 2 is 2.33 bits per heavy atom. The molecular weight excluding hydrogens is 235 g/mol. The molecule has 5 heteroatoms. The molecule has 0 radical (unpaired) electrons. The molecule has 1 N–H and O–H groups in total. The molecule has 0 bridgehead atoms. The number of rotatable bonds is 3. The third kappa shape index (κ3) is 3.90. The van der Waals surface area contributed by atoms with Gasteiger partial charge in [0.25, 0.3) is 0 Å². The second-order valence-corrected chi connectivity index (χ2v) is 3.60. The van der Waals surface area contributed by atoms with Gasteiger partial charge in [-0.1, -0.05) is 35.4 Å². The Hall–Kier alpha value is -1.06. The van der Waals surface area contributed by atoms with Gasteiger partial charge in [0.2, 0.25) is 5.91 Å². The average Bonchev–Trinajstić information content (AvgIpc) is 2.15. The van der Waals surface area contributed by atoms with Gasteiger partial charge in [-0.25, -0.2) is 4.98 Å². The number of halogens is 2. The second-order valence-electron chi connectivity index (χ2n) is 2.84. The Balaban J connectivity index is 2.67. The van der Waals surface area contributed by atoms with Crippen LogP contribution in [0, 0.1) is 0 Å². The molecular formula is C10H10Cl2N2O. The first-order valence-electron chi connectivity index (χ1n) is 4.32. The summed E-state index contributed by atoms with van der Waals surface area (Å²) in [6, 6.07) is 1.66. The standard InChI is InChI=1S/C10H10Cl2N2O/c1-7(15)13-5-2-3-8-9(11)4-6-14-10(8)12/h2-4,6H,5H2,1H3,(H,13,15). The highest BCUT2D eigenvalue weighted by Gasteiger charge is 2.01. The van der Waals surface area contributed by atoms with E-state index in [0.29, 0.717) is 22.3 Å². The van der Waals surface area contributed by atoms with Crippen LogP contribution in [-0.4, -0.2) is 17.4 Å². The number of nitrogens with zero attached hydrogens (tertiary/aromatic N) is 1. The molecule has 0 atom stereocenters. The van der Waals surface area contributed by atoms with E-state index in [1.807, 2.05) is 0 Å². The summed E-state index contributed by atoms with van der Waals surface area (Å²) in [5.74, 6) is -0.0805. The second kappa shape index (κ2) is 5.73. The lowest BCUT2D eigenvalue weighted by atomic mass is 10.2. The van der Waals surface area contributed by atoms with Crippen molar-refractivity contribution in [3.63, 3.8) is 0 Å². The van der Waals surface area contributed by atoms with Gasteiger partial charge in [-0.05, 0) is 6.07 Å². The van der Waals surface area contributed by atoms with Gasteiger partial charge in [0.05, 0.1) is 5.02 Å². The first kappa shape index (κ1) is 12.0. The van der Waals surface area contributed by atoms with E-state index < -0.39 is 0 Å². The number of hydrogen-bond donors (Lipinski definition) is 1. The number of hydrogen-bond acceptors (Lipinski definition) is 2. The van der Waals surface area contributed by atoms with E-state index in [4.69, 9.17) is 23.2 Å². The van der Waals surface area contributed by atoms with Crippen molar-refractivity contribution in [2.24, 2.45) is 0 Å². The molecule has 0 unspecified atom stereocenters. The highest BCUT2D eigenvalue weighted by atomic mass is 35.5. The number of carbonyl (C=O) groups is 1. The minimum atomic E-state index is -0.0805. The minimum Gasteiger partial charge on any atom is -0.353 e. The molecule has 0 spiro atoms. The van der Waals surface area contributed by atoms with Crippen LogP contribution in [0.5, 0.6) is 0 Å². The topological polar surface area (TPSA) is 42.0 Å². The normalized spacial score (nSPS) is 10.6. The van der Waals surface area contributed by atoms with Gasteiger partial charge in [0.15, 0.2) is 0 Å². The minimum absolute atomic E-state index is 0.0805. The van der Waals surface area contributed by atoms with Crippen molar-refractivity contribution < 1.29 is 4.79 Å². The maximum absolute atomic E-state index is 10.6. The smallest absolute Gasteiger partial charge is 0.217 e. The first-order valence-corrected chi connectivity index (χ1v) is 5.08. The summed E-state index contributed by atoms with van der Waals surface area (Å²) in [6.45, 7) is 1.90. The molecule has 0 aliphatic carbocycles. The highest BCUT2D eigenvalue weighted by molar-refractivity contribution is 6.36. The van der Waals surface area contributed by atoms with E-state index >= 15 is 0 Å². The van der Waals surface area contributed by atoms with E-state index in [2.05, 4.69) is 10.3 Å². The monoisotopic (exact) mass is 244 g/mol. The maximum Gasteiger partial charge on any atom is 0.217 e. The van der Waals surface area contributed by atoms with E-state index in [0.717, 1.165) is 0 Å². The van der Waals surface area contributed by atoms with Crippen LogP contribution in [0.15, 0.2) is 18.3 Å². The molecule has 1 rings (SSSR count). The Labute approximate surface area is 98.1 Å². The Bertz CT molecular complexity index is 371. The van der Waals surface area contributed by atoms with Crippen molar-refractivity contribution in [2.75, 3.05) is 6.54 Å². The predicted octanol–water partition coefficient (Wildman–Crippen LogP) is 2.54. The molecule has 0 aliphatic heterocycles. The zero-order valence-electron chi connectivity index (χ0n) is 8.13. The van der Waals surface area contributed by atoms with Crippen LogP contribution in [0.2, 0.25) is 10.2 Å². The molecule has 15 heavy (non-hydrogen) atoms. The van der Waals surface area contributed by atoms with Gasteiger partial charge in [0, 0.05) is 25.2 Å². The van der Waals surface area contributed by atoms with Crippen molar-refractivity contribution in [1.82, 2.24) is 10.3 Å². The molecule has 0 aliphatic rings. The van der Waals surface area contributed by atoms with Crippen molar-refractivity contribution in [2.45, 2.75) is 6.92 Å². The van der Waals surface area contributed by atoms with Gasteiger partial charge in [-0.2, -0.15) is 0 Å². The van der Waals surface area contributed by atoms with Crippen molar-refractivity contribution in [1.29, 1.82) is 0 Å². The van der Waals surface area contributed by atoms with Crippen LogP contribution in [0.4, 0.5) is 0 Å². The Morgan fingerprint density at radius 1 is 1.60 bits per heavy atom. The molecule has 1 aromatic heterocycles. The van der Waals surface area contributed by atoms with Gasteiger partial charge in [-0.15, -0.1) is 0 Å². The van der Waals surface area contributed by atoms with E-state index in [1.165, 1.54) is 13.1 Å². The number of amides is 1. The molecule has 1 amide bonds. The summed E-state index contributed by atoms with van der Waals surface area (Å²) in [6.07, 6.45) is 5.03. The molecule has 0 saturated carbocycles. The molecule has 1 aromatic rings. The first-order chi connectivity index (χ1) is 7.11. The van der Waals surface area contributed by atoms with Crippen LogP contribution < -0.4 is 5.32 Å². The Kier molecular flexibility index (Phi) is 4.59. The van der Waals surface area contributed by atoms with E-state index in [-0.39, 0.29) is 5.91 Å². The quantitative estimate of drug-likeness (QED) is 0.831. The van der Waals surface area contributed by atoms with Crippen LogP contribution in [0.25, 0.3) is 6.08 Å². The van der Waals surface area contributed by atoms with E-state index in [9.17, 15) is 4.79 Å². The molecule has 0 aromatic carbocycles. The van der Waals surface area contributed by atoms with Crippen LogP contribution in [-0.2, 0) is 4.79 Å². The molecule has 0 fully saturated rings. The van der Waals surface area contributed by atoms with Crippen LogP contribution in [0.3, 0.4) is 0 Å². The van der Waals surface area contributed by atoms with Crippen molar-refractivity contribution >= 4 is 35.2 Å². The van der Waals surface area contributed by atoms with Crippen LogP contribution in [0.1, 0.15) is 12.5 Å². The van der Waals surface area contributed by atoms with Crippen molar-refractivity contribution in [3.8, 4) is 0 Å². The third-order valence-electron chi connectivity index (χ3n) is 1.64. The van der Waals surface area contributed by atoms with Crippen molar-refractivity contribution in [3.05, 3.63) is 34.1 Å². The summed E-state index contributed by atoms with van der Waals surface area (Å²) in [4.78, 5) is 14.5. The number of pyridine rings is 1. The summed E-state index contributed by atoms with van der Waals surface area (Å²) in [7, 11) is 0. The maximum atomic E-state index is 10.6. The lowest BCUT2D eigenvalue weighted by Crippen LogP contribution is -2.19. The lowest BCUT2D eigenvalue weighted by molar-refractivity contribution is -0.118. The van der Waals surface area contributed by atoms with Gasteiger partial charge in [0.1, 0.15) is 5.15 Å². The number of carbonyl (C=O) groups excluding carboxylic acids is 1. The molecule has 0 saturated heterocycles. The average molecular weight is 245 g/mol. The SMILES string of the molecule is CC(=O)NCC=Cc1c(Cl)ccnc1Cl. The van der Waals surface area contributed by atoms with Crippen LogP contribution >= 0.6 is 23.2 Å². The summed E-state index contributed by atoms with van der Waals surface area (Å²) >= 11 is 11.7. The summed E-state index contributed by atoms with van der Waals surface area (Å²) in [5.41, 5.74) is 0.659. The van der Waals surface area contributed by atoms with Gasteiger partial charge < -0.3 is 5.32 Å². The summed E-state index contributed by atoms with van der Waals surface area (Å²) < 4.78 is 0. The summed E-state index contributed by atoms with van der Waals surface area (Å²) in [5, 5.41) is 3.51. The third-order valence-corrected chi connectivity index (χ3v) is 2.27. The molecule has 1 heterocycles. The number of aromatic nitrogens is 1. The van der Waals surface area contributed by atoms with Gasteiger partial charge in [-0.3, -0.25) is 4.79 Å². The zero-order chi connectivity index (χ0) is 11.3. The predicted molar refractivity (Wildman–Crippen MR) is 62.0 cm³/mol. The van der Waals surface area contributed by atoms with Gasteiger partial charge >= 0.3 is 0 Å². The Morgan fingerprint density at radius 3 is 2.93 bits per heavy atom. The lowest BCUT2D eigenvalue weighted by Gasteiger charge is -2.00. The largest absolute Gasteiger partial charge is 0.353 e. The fraction of sp³-hybridized carbons (Fsp3) is 0.200. The highest BCUT2D eigenvalue weighted by Crippen LogP contribution is 2.22. The fourth-order valence-corrected chi connectivity index (χ4v) is 1.43. The fourth-order valence-electron chi connectivity index (χ4n) is 0.954. The zero-order valence-corrected chi connectivity index (χ0v) is 9.64. The molecule has 3 nitrogen and oxygen atoms in total. The molecule has 80 valence electrons. The van der Waals surface area contributed by atoms with E-state index in [1.54, 1.807) is 18.2 Å².